The van der Waals surface area contributed by atoms with Crippen LogP contribution in [0.1, 0.15) is 151 Å². The van der Waals surface area contributed by atoms with E-state index in [-0.39, 0.29) is 145 Å². The van der Waals surface area contributed by atoms with E-state index < -0.39 is 35.9 Å². The van der Waals surface area contributed by atoms with Crippen LogP contribution < -0.4 is 26.0 Å². The fourth-order valence-electron chi connectivity index (χ4n) is 7.93. The highest BCUT2D eigenvalue weighted by Crippen LogP contribution is 2.18. The number of carboxylic acid groups (broad SMARTS) is 3. The Morgan fingerprint density at radius 3 is 1.86 bits per heavy atom. The van der Waals surface area contributed by atoms with E-state index in [4.69, 9.17) is 28.8 Å². The Bertz CT molecular complexity index is 2040. The molecule has 3 atom stereocenters. The summed E-state index contributed by atoms with van der Waals surface area (Å²) in [6, 6.07) is 4.63. The van der Waals surface area contributed by atoms with E-state index >= 15 is 0 Å². The average molecular weight is 1100 g/mol. The fraction of sp³-hybridized carbons (Fsp3) is 0.673. The quantitative estimate of drug-likeness (QED) is 0.0413. The number of nitrogens with zero attached hydrogens (tertiary/aromatic N) is 1. The van der Waals surface area contributed by atoms with Crippen molar-refractivity contribution in [1.29, 1.82) is 0 Å². The van der Waals surface area contributed by atoms with Crippen molar-refractivity contribution >= 4 is 53.0 Å². The molecule has 1 aromatic carbocycles. The summed E-state index contributed by atoms with van der Waals surface area (Å²) >= 11 is 0. The SMILES string of the molecule is CCC[C@H](NCC(=O)CCc1cnc[nH]1)C(=O)CC[C@@H](CCCCNC(=O)COCCOCCNC(=O)COCCOCCCC(=O)CC[C@H](NC(=O)CCCCCCCCCOc1ccc(C(=O)O)cc1)C(=O)O)C(=O)O. The molecule has 1 aromatic heterocycles. The van der Waals surface area contributed by atoms with Gasteiger partial charge in [0.2, 0.25) is 17.7 Å². The molecule has 438 valence electrons. The molecule has 1 heterocycles. The van der Waals surface area contributed by atoms with Crippen molar-refractivity contribution in [2.45, 2.75) is 154 Å². The van der Waals surface area contributed by atoms with Crippen LogP contribution in [0.3, 0.4) is 0 Å². The maximum atomic E-state index is 13.0. The van der Waals surface area contributed by atoms with Crippen molar-refractivity contribution in [3.8, 4) is 5.75 Å². The number of benzene rings is 1. The second-order valence-corrected chi connectivity index (χ2v) is 18.9. The molecule has 0 aliphatic heterocycles. The number of unbranched alkanes of at least 4 members (excludes halogenated alkanes) is 7. The number of aromatic carboxylic acids is 1. The van der Waals surface area contributed by atoms with E-state index in [1.165, 1.54) is 12.1 Å². The predicted molar refractivity (Wildman–Crippen MR) is 286 cm³/mol. The molecule has 3 amide bonds. The zero-order chi connectivity index (χ0) is 57.0. The van der Waals surface area contributed by atoms with E-state index in [0.29, 0.717) is 70.3 Å². The largest absolute Gasteiger partial charge is 0.494 e. The number of carboxylic acids is 3. The smallest absolute Gasteiger partial charge is 0.335 e. The Morgan fingerprint density at radius 1 is 0.564 bits per heavy atom. The van der Waals surface area contributed by atoms with Crippen molar-refractivity contribution in [3.63, 3.8) is 0 Å². The topological polar surface area (TPSA) is 337 Å². The number of aryl methyl sites for hydroxylation is 1. The number of nitrogens with one attached hydrogen (secondary N) is 5. The number of aliphatic carboxylic acids is 2. The van der Waals surface area contributed by atoms with Crippen LogP contribution in [0.2, 0.25) is 0 Å². The Hall–Kier alpha value is -6.14. The van der Waals surface area contributed by atoms with E-state index in [0.717, 1.165) is 50.6 Å². The molecule has 0 spiro atoms. The van der Waals surface area contributed by atoms with Gasteiger partial charge in [-0.3, -0.25) is 33.6 Å². The van der Waals surface area contributed by atoms with Crippen LogP contribution in [0.4, 0.5) is 0 Å². The summed E-state index contributed by atoms with van der Waals surface area (Å²) in [7, 11) is 0. The van der Waals surface area contributed by atoms with Gasteiger partial charge in [0.15, 0.2) is 0 Å². The minimum Gasteiger partial charge on any atom is -0.494 e. The van der Waals surface area contributed by atoms with Gasteiger partial charge >= 0.3 is 17.9 Å². The molecule has 0 radical (unpaired) electrons. The van der Waals surface area contributed by atoms with Crippen molar-refractivity contribution < 1.29 is 82.2 Å². The molecule has 23 heteroatoms. The number of rotatable bonds is 52. The Labute approximate surface area is 457 Å². The summed E-state index contributed by atoms with van der Waals surface area (Å²) in [5.41, 5.74) is 1.07. The summed E-state index contributed by atoms with van der Waals surface area (Å²) in [5, 5.41) is 39.3. The normalized spacial score (nSPS) is 12.3. The predicted octanol–water partition coefficient (Wildman–Crippen LogP) is 4.79. The van der Waals surface area contributed by atoms with Gasteiger partial charge < -0.3 is 65.3 Å². The Balaban J connectivity index is 1.37. The molecule has 2 rings (SSSR count). The highest BCUT2D eigenvalue weighted by Gasteiger charge is 2.24. The summed E-state index contributed by atoms with van der Waals surface area (Å²) in [6.07, 6.45) is 14.2. The number of ketones is 3. The number of imidazole rings is 1. The van der Waals surface area contributed by atoms with Gasteiger partial charge in [-0.25, -0.2) is 14.6 Å². The lowest BCUT2D eigenvalue weighted by atomic mass is 9.93. The number of H-pyrrole nitrogens is 1. The molecule has 2 aromatic rings. The number of hydrogen-bond donors (Lipinski definition) is 8. The third-order valence-corrected chi connectivity index (χ3v) is 12.4. The molecular weight excluding hydrogens is 1020 g/mol. The summed E-state index contributed by atoms with van der Waals surface area (Å²) in [6.45, 7) is 3.97. The molecule has 0 saturated carbocycles. The van der Waals surface area contributed by atoms with Gasteiger partial charge in [-0.2, -0.15) is 0 Å². The minimum absolute atomic E-state index is 0.00366. The van der Waals surface area contributed by atoms with Crippen LogP contribution in [0, 0.1) is 5.92 Å². The zero-order valence-corrected chi connectivity index (χ0v) is 45.5. The van der Waals surface area contributed by atoms with Crippen molar-refractivity contribution in [2.75, 3.05) is 79.1 Å². The summed E-state index contributed by atoms with van der Waals surface area (Å²) in [5.74, 6) is -4.51. The van der Waals surface area contributed by atoms with Crippen LogP contribution in [-0.2, 0) is 63.7 Å². The van der Waals surface area contributed by atoms with E-state index in [1.54, 1.807) is 24.7 Å². The number of aromatic amines is 1. The molecule has 8 N–H and O–H groups in total. The first kappa shape index (κ1) is 68.0. The first-order valence-corrected chi connectivity index (χ1v) is 27.5. The molecule has 23 nitrogen and oxygen atoms in total. The monoisotopic (exact) mass is 1100 g/mol. The number of ether oxygens (including phenoxy) is 5. The molecule has 78 heavy (non-hydrogen) atoms. The third-order valence-electron chi connectivity index (χ3n) is 12.4. The average Bonchev–Trinajstić information content (AvgIpc) is 3.94. The summed E-state index contributed by atoms with van der Waals surface area (Å²) in [4.78, 5) is 116. The van der Waals surface area contributed by atoms with Gasteiger partial charge in [-0.15, -0.1) is 0 Å². The second-order valence-electron chi connectivity index (χ2n) is 18.9. The molecule has 0 saturated heterocycles. The fourth-order valence-corrected chi connectivity index (χ4v) is 7.93. The molecule has 0 aliphatic rings. The first-order chi connectivity index (χ1) is 37.7. The number of carbonyl (C=O) groups excluding carboxylic acids is 6. The molecule has 0 fully saturated rings. The van der Waals surface area contributed by atoms with Crippen LogP contribution in [0.25, 0.3) is 0 Å². The molecular formula is C55H86N6O17. The Kier molecular flexibility index (Phi) is 38.2. The summed E-state index contributed by atoms with van der Waals surface area (Å²) < 4.78 is 27.2. The Morgan fingerprint density at radius 2 is 1.22 bits per heavy atom. The number of amides is 3. The number of aromatic nitrogens is 2. The molecule has 0 unspecified atom stereocenters. The highest BCUT2D eigenvalue weighted by molar-refractivity contribution is 5.88. The van der Waals surface area contributed by atoms with Gasteiger partial charge in [0.05, 0.1) is 70.0 Å². The van der Waals surface area contributed by atoms with Gasteiger partial charge in [-0.1, -0.05) is 51.9 Å². The van der Waals surface area contributed by atoms with Gasteiger partial charge in [-0.05, 0) is 82.1 Å². The first-order valence-electron chi connectivity index (χ1n) is 27.5. The van der Waals surface area contributed by atoms with Gasteiger partial charge in [0, 0.05) is 63.7 Å². The number of hydrogen-bond acceptors (Lipinski definition) is 16. The maximum absolute atomic E-state index is 13.0. The van der Waals surface area contributed by atoms with Crippen molar-refractivity contribution in [3.05, 3.63) is 48.0 Å². The van der Waals surface area contributed by atoms with Crippen LogP contribution in [-0.4, -0.2) is 169 Å². The van der Waals surface area contributed by atoms with E-state index in [9.17, 15) is 53.4 Å². The van der Waals surface area contributed by atoms with Gasteiger partial charge in [0.25, 0.3) is 0 Å². The van der Waals surface area contributed by atoms with Gasteiger partial charge in [0.1, 0.15) is 42.4 Å². The number of carbonyl (C=O) groups is 9. The zero-order valence-electron chi connectivity index (χ0n) is 45.5. The molecule has 0 bridgehead atoms. The lowest BCUT2D eigenvalue weighted by Gasteiger charge is -2.18. The van der Waals surface area contributed by atoms with Crippen molar-refractivity contribution in [2.24, 2.45) is 5.92 Å². The standard InChI is InChI=1S/C55H86N6O17/c1-2-13-47(59-37-45(63)21-20-43-36-56-40-60-43)49(64)26-19-41(53(68)69)14-9-10-27-57-51(66)38-77-35-33-75-31-28-58-52(67)39-76-34-32-74-29-12-15-44(62)22-25-48(55(72)73)61-50(65)16-8-6-4-3-5-7-11-30-78-46-23-17-42(18-24-46)54(70)71/h17-18,23-24,36,40-41,47-48,59H,2-16,19-22,25-35,37-39H2,1H3,(H,56,60)(H,57,66)(H,58,67)(H,61,65)(H,68,69)(H,70,71)(H,72,73)/t41-,47+,48+/m1/s1. The maximum Gasteiger partial charge on any atom is 0.335 e. The van der Waals surface area contributed by atoms with E-state index in [2.05, 4.69) is 31.2 Å². The number of Topliss-reactive ketones (excluding diaryl/α,β-unsaturated/α-hetero) is 3. The van der Waals surface area contributed by atoms with Crippen molar-refractivity contribution in [1.82, 2.24) is 31.2 Å². The van der Waals surface area contributed by atoms with Crippen LogP contribution >= 0.6 is 0 Å². The lowest BCUT2D eigenvalue weighted by molar-refractivity contribution is -0.143. The highest BCUT2D eigenvalue weighted by atomic mass is 16.5. The molecule has 0 aliphatic carbocycles. The third kappa shape index (κ3) is 35.3. The van der Waals surface area contributed by atoms with Crippen LogP contribution in [0.15, 0.2) is 36.8 Å². The minimum atomic E-state index is -1.19. The van der Waals surface area contributed by atoms with Crippen LogP contribution in [0.5, 0.6) is 5.75 Å². The second kappa shape index (κ2) is 43.8. The van der Waals surface area contributed by atoms with E-state index in [1.807, 2.05) is 6.92 Å². The lowest BCUT2D eigenvalue weighted by Crippen LogP contribution is -2.41.